The quantitative estimate of drug-likeness (QED) is 0.807. The number of nitrogens with one attached hydrogen (secondary N) is 1. The lowest BCUT2D eigenvalue weighted by Gasteiger charge is -2.06. The predicted octanol–water partition coefficient (Wildman–Crippen LogP) is 3.94. The van der Waals surface area contributed by atoms with Crippen LogP contribution in [-0.2, 0) is 13.0 Å². The highest BCUT2D eigenvalue weighted by molar-refractivity contribution is 9.11. The molecule has 2 rings (SSSR count). The highest BCUT2D eigenvalue weighted by Gasteiger charge is 2.01. The molecule has 0 atom stereocenters. The van der Waals surface area contributed by atoms with Crippen molar-refractivity contribution in [3.05, 3.63) is 62.8 Å². The van der Waals surface area contributed by atoms with E-state index in [9.17, 15) is 0 Å². The Bertz CT molecular complexity index is 500. The van der Waals surface area contributed by atoms with Crippen LogP contribution >= 0.6 is 31.9 Å². The summed E-state index contributed by atoms with van der Waals surface area (Å²) in [5.41, 5.74) is 2.39. The van der Waals surface area contributed by atoms with Gasteiger partial charge in [0.2, 0.25) is 0 Å². The first-order valence-corrected chi connectivity index (χ1v) is 7.39. The minimum absolute atomic E-state index is 0.778. The Balaban J connectivity index is 1.79. The van der Waals surface area contributed by atoms with Gasteiger partial charge < -0.3 is 5.32 Å². The lowest BCUT2D eigenvalue weighted by atomic mass is 10.1. The van der Waals surface area contributed by atoms with Crippen LogP contribution in [0.4, 0.5) is 0 Å². The van der Waals surface area contributed by atoms with Crippen molar-refractivity contribution in [3.8, 4) is 0 Å². The smallest absolute Gasteiger partial charge is 0.0684 e. The van der Waals surface area contributed by atoms with E-state index in [1.165, 1.54) is 5.56 Å². The summed E-state index contributed by atoms with van der Waals surface area (Å²) in [7, 11) is 0. The van der Waals surface area contributed by atoms with E-state index in [1.54, 1.807) is 0 Å². The first-order chi connectivity index (χ1) is 8.75. The van der Waals surface area contributed by atoms with Gasteiger partial charge >= 0.3 is 0 Å². The van der Waals surface area contributed by atoms with E-state index in [-0.39, 0.29) is 0 Å². The Morgan fingerprint density at radius 1 is 1.11 bits per heavy atom. The summed E-state index contributed by atoms with van der Waals surface area (Å²) in [6.07, 6.45) is 2.86. The average molecular weight is 370 g/mol. The molecule has 0 bridgehead atoms. The molecule has 94 valence electrons. The van der Waals surface area contributed by atoms with Crippen LogP contribution in [0.25, 0.3) is 0 Å². The van der Waals surface area contributed by atoms with Gasteiger partial charge in [0.25, 0.3) is 0 Å². The van der Waals surface area contributed by atoms with Crippen molar-refractivity contribution in [1.82, 2.24) is 10.3 Å². The van der Waals surface area contributed by atoms with Gasteiger partial charge in [0, 0.05) is 21.7 Å². The normalized spacial score (nSPS) is 10.6. The first kappa shape index (κ1) is 13.7. The van der Waals surface area contributed by atoms with Crippen LogP contribution in [0.1, 0.15) is 11.3 Å². The van der Waals surface area contributed by atoms with Crippen molar-refractivity contribution >= 4 is 31.9 Å². The number of rotatable bonds is 5. The molecule has 0 radical (unpaired) electrons. The fourth-order valence-electron chi connectivity index (χ4n) is 1.66. The number of hydrogen-bond acceptors (Lipinski definition) is 2. The molecule has 18 heavy (non-hydrogen) atoms. The van der Waals surface area contributed by atoms with Crippen LogP contribution in [0.2, 0.25) is 0 Å². The molecule has 0 aliphatic rings. The van der Waals surface area contributed by atoms with Crippen molar-refractivity contribution in [2.45, 2.75) is 13.0 Å². The number of pyridine rings is 1. The van der Waals surface area contributed by atoms with Crippen molar-refractivity contribution < 1.29 is 0 Å². The van der Waals surface area contributed by atoms with E-state index in [1.807, 2.05) is 18.3 Å². The molecule has 1 aromatic heterocycles. The fraction of sp³-hybridized carbons (Fsp3) is 0.214. The van der Waals surface area contributed by atoms with Crippen LogP contribution in [0.15, 0.2) is 51.5 Å². The summed E-state index contributed by atoms with van der Waals surface area (Å²) in [4.78, 5) is 4.37. The molecule has 2 aromatic rings. The summed E-state index contributed by atoms with van der Waals surface area (Å²) < 4.78 is 2.02. The predicted molar refractivity (Wildman–Crippen MR) is 81.5 cm³/mol. The van der Waals surface area contributed by atoms with Crippen LogP contribution in [0.5, 0.6) is 0 Å². The maximum Gasteiger partial charge on any atom is 0.0684 e. The van der Waals surface area contributed by atoms with Crippen molar-refractivity contribution in [2.75, 3.05) is 6.54 Å². The summed E-state index contributed by atoms with van der Waals surface area (Å²) in [6, 6.07) is 12.5. The van der Waals surface area contributed by atoms with E-state index < -0.39 is 0 Å². The molecule has 1 heterocycles. The second kappa shape index (κ2) is 7.02. The molecule has 0 fully saturated rings. The number of nitrogens with zero attached hydrogens (tertiary/aromatic N) is 1. The Hall–Kier alpha value is -0.710. The Labute approximate surface area is 124 Å². The molecule has 0 spiro atoms. The summed E-state index contributed by atoms with van der Waals surface area (Å²) in [5.74, 6) is 0. The lowest BCUT2D eigenvalue weighted by Crippen LogP contribution is -2.17. The lowest BCUT2D eigenvalue weighted by molar-refractivity contribution is 0.672. The fourth-order valence-corrected chi connectivity index (χ4v) is 2.78. The van der Waals surface area contributed by atoms with Crippen molar-refractivity contribution in [3.63, 3.8) is 0 Å². The van der Waals surface area contributed by atoms with Crippen molar-refractivity contribution in [2.24, 2.45) is 0 Å². The zero-order chi connectivity index (χ0) is 12.8. The van der Waals surface area contributed by atoms with Crippen LogP contribution in [0.3, 0.4) is 0 Å². The Morgan fingerprint density at radius 2 is 1.89 bits per heavy atom. The standard InChI is InChI=1S/C14H14Br2N2/c15-12-8-13(16)14(18-9-12)10-17-7-6-11-4-2-1-3-5-11/h1-5,8-9,17H,6-7,10H2. The second-order valence-electron chi connectivity index (χ2n) is 3.99. The van der Waals surface area contributed by atoms with Gasteiger partial charge in [-0.3, -0.25) is 4.98 Å². The molecule has 4 heteroatoms. The third kappa shape index (κ3) is 4.19. The zero-order valence-corrected chi connectivity index (χ0v) is 13.0. The maximum atomic E-state index is 4.37. The molecule has 0 aliphatic carbocycles. The monoisotopic (exact) mass is 368 g/mol. The second-order valence-corrected chi connectivity index (χ2v) is 5.76. The zero-order valence-electron chi connectivity index (χ0n) is 9.87. The molecule has 0 unspecified atom stereocenters. The van der Waals surface area contributed by atoms with E-state index in [4.69, 9.17) is 0 Å². The average Bonchev–Trinajstić information content (AvgIpc) is 2.38. The van der Waals surface area contributed by atoms with Gasteiger partial charge in [-0.05, 0) is 56.5 Å². The highest BCUT2D eigenvalue weighted by Crippen LogP contribution is 2.19. The molecule has 1 aromatic carbocycles. The number of benzene rings is 1. The summed E-state index contributed by atoms with van der Waals surface area (Å²) in [5, 5.41) is 3.40. The molecule has 2 nitrogen and oxygen atoms in total. The third-order valence-electron chi connectivity index (χ3n) is 2.61. The van der Waals surface area contributed by atoms with E-state index in [2.05, 4.69) is 66.4 Å². The minimum Gasteiger partial charge on any atom is -0.311 e. The van der Waals surface area contributed by atoms with E-state index in [0.717, 1.165) is 34.1 Å². The van der Waals surface area contributed by atoms with E-state index in [0.29, 0.717) is 0 Å². The minimum atomic E-state index is 0.778. The van der Waals surface area contributed by atoms with Gasteiger partial charge in [0.1, 0.15) is 0 Å². The van der Waals surface area contributed by atoms with Crippen LogP contribution < -0.4 is 5.32 Å². The summed E-state index contributed by atoms with van der Waals surface area (Å²) in [6.45, 7) is 1.73. The molecule has 1 N–H and O–H groups in total. The first-order valence-electron chi connectivity index (χ1n) is 5.80. The molecule has 0 saturated carbocycles. The van der Waals surface area contributed by atoms with Gasteiger partial charge in [-0.2, -0.15) is 0 Å². The van der Waals surface area contributed by atoms with Crippen LogP contribution in [-0.4, -0.2) is 11.5 Å². The Kier molecular flexibility index (Phi) is 5.35. The molecule has 0 saturated heterocycles. The SMILES string of the molecule is Brc1cnc(CNCCc2ccccc2)c(Br)c1. The Morgan fingerprint density at radius 3 is 2.61 bits per heavy atom. The molecule has 0 aliphatic heterocycles. The third-order valence-corrected chi connectivity index (χ3v) is 3.73. The number of halogens is 2. The molecular weight excluding hydrogens is 356 g/mol. The van der Waals surface area contributed by atoms with E-state index >= 15 is 0 Å². The van der Waals surface area contributed by atoms with Gasteiger partial charge in [0.15, 0.2) is 0 Å². The molecular formula is C14H14Br2N2. The maximum absolute atomic E-state index is 4.37. The van der Waals surface area contributed by atoms with Crippen LogP contribution in [0, 0.1) is 0 Å². The van der Waals surface area contributed by atoms with Gasteiger partial charge in [-0.25, -0.2) is 0 Å². The van der Waals surface area contributed by atoms with Gasteiger partial charge in [0.05, 0.1) is 5.69 Å². The number of hydrogen-bond donors (Lipinski definition) is 1. The highest BCUT2D eigenvalue weighted by atomic mass is 79.9. The topological polar surface area (TPSA) is 24.9 Å². The molecule has 0 amide bonds. The van der Waals surface area contributed by atoms with Crippen molar-refractivity contribution in [1.29, 1.82) is 0 Å². The van der Waals surface area contributed by atoms with Gasteiger partial charge in [-0.15, -0.1) is 0 Å². The van der Waals surface area contributed by atoms with Gasteiger partial charge in [-0.1, -0.05) is 30.3 Å². The number of aromatic nitrogens is 1. The summed E-state index contributed by atoms with van der Waals surface area (Å²) >= 11 is 6.91. The largest absolute Gasteiger partial charge is 0.311 e.